The van der Waals surface area contributed by atoms with Crippen LogP contribution in [0.4, 0.5) is 19.0 Å². The van der Waals surface area contributed by atoms with Crippen LogP contribution in [0.2, 0.25) is 0 Å². The first-order valence-corrected chi connectivity index (χ1v) is 5.62. The number of aromatic nitrogens is 1. The van der Waals surface area contributed by atoms with Gasteiger partial charge in [-0.25, -0.2) is 4.79 Å². The Labute approximate surface area is 106 Å². The van der Waals surface area contributed by atoms with Crippen LogP contribution in [0, 0.1) is 0 Å². The summed E-state index contributed by atoms with van der Waals surface area (Å²) in [6.07, 6.45) is -4.79. The van der Waals surface area contributed by atoms with Crippen molar-refractivity contribution in [1.82, 2.24) is 4.57 Å². The van der Waals surface area contributed by atoms with Crippen molar-refractivity contribution < 1.29 is 22.7 Å². The van der Waals surface area contributed by atoms with Crippen molar-refractivity contribution in [3.8, 4) is 0 Å². The molecule has 0 unspecified atom stereocenters. The van der Waals surface area contributed by atoms with Crippen molar-refractivity contribution in [2.24, 2.45) is 0 Å². The van der Waals surface area contributed by atoms with E-state index in [1.807, 2.05) is 0 Å². The molecule has 1 aliphatic heterocycles. The molecule has 0 aliphatic carbocycles. The largest absolute Gasteiger partial charge is 0.462 e. The third-order valence-electron chi connectivity index (χ3n) is 2.72. The van der Waals surface area contributed by atoms with Crippen LogP contribution in [-0.2, 0) is 17.5 Å². The molecule has 0 amide bonds. The summed E-state index contributed by atoms with van der Waals surface area (Å²) >= 11 is 0. The summed E-state index contributed by atoms with van der Waals surface area (Å²) in [6.45, 7) is 1.96. The van der Waals surface area contributed by atoms with E-state index in [0.717, 1.165) is 4.57 Å². The van der Waals surface area contributed by atoms with Crippen LogP contribution in [0.5, 0.6) is 0 Å². The van der Waals surface area contributed by atoms with Crippen molar-refractivity contribution in [3.63, 3.8) is 0 Å². The molecule has 0 saturated carbocycles. The monoisotopic (exact) mass is 276 g/mol. The van der Waals surface area contributed by atoms with Gasteiger partial charge in [-0.2, -0.15) is 13.2 Å². The number of halogens is 3. The van der Waals surface area contributed by atoms with Gasteiger partial charge >= 0.3 is 12.1 Å². The molecule has 0 atom stereocenters. The summed E-state index contributed by atoms with van der Waals surface area (Å²) in [4.78, 5) is 23.3. The smallest absolute Gasteiger partial charge is 0.417 e. The number of hydrogen-bond donors (Lipinski definition) is 1. The molecule has 2 heterocycles. The molecule has 1 N–H and O–H groups in total. The first-order valence-electron chi connectivity index (χ1n) is 5.62. The van der Waals surface area contributed by atoms with Crippen LogP contribution < -0.4 is 10.9 Å². The first-order chi connectivity index (χ1) is 8.86. The molecule has 0 radical (unpaired) electrons. The second kappa shape index (κ2) is 4.60. The van der Waals surface area contributed by atoms with E-state index in [9.17, 15) is 22.8 Å². The number of nitrogens with one attached hydrogen (secondary N) is 1. The van der Waals surface area contributed by atoms with Gasteiger partial charge in [0.15, 0.2) is 0 Å². The van der Waals surface area contributed by atoms with Gasteiger partial charge in [0.2, 0.25) is 0 Å². The predicted molar refractivity (Wildman–Crippen MR) is 60.2 cm³/mol. The molecule has 5 nitrogen and oxygen atoms in total. The van der Waals surface area contributed by atoms with Crippen molar-refractivity contribution >= 4 is 11.8 Å². The minimum Gasteiger partial charge on any atom is -0.462 e. The lowest BCUT2D eigenvalue weighted by Gasteiger charge is -2.15. The number of anilines is 1. The molecule has 0 fully saturated rings. The van der Waals surface area contributed by atoms with E-state index in [0.29, 0.717) is 12.6 Å². The van der Waals surface area contributed by atoms with Gasteiger partial charge in [0.05, 0.1) is 12.2 Å². The maximum Gasteiger partial charge on any atom is 0.417 e. The predicted octanol–water partition coefficient (Wildman–Crippen LogP) is 1.47. The first kappa shape index (κ1) is 13.4. The van der Waals surface area contributed by atoms with Gasteiger partial charge in [-0.15, -0.1) is 0 Å². The van der Waals surface area contributed by atoms with Crippen LogP contribution in [0.15, 0.2) is 10.9 Å². The van der Waals surface area contributed by atoms with Crippen molar-refractivity contribution in [1.29, 1.82) is 0 Å². The molecular formula is C11H11F3N2O3. The average Bonchev–Trinajstić information content (AvgIpc) is 2.77. The van der Waals surface area contributed by atoms with E-state index in [-0.39, 0.29) is 19.0 Å². The van der Waals surface area contributed by atoms with Gasteiger partial charge in [-0.05, 0) is 6.92 Å². The van der Waals surface area contributed by atoms with Gasteiger partial charge in [-0.3, -0.25) is 9.36 Å². The van der Waals surface area contributed by atoms with Crippen LogP contribution in [0.1, 0.15) is 22.8 Å². The second-order valence-corrected chi connectivity index (χ2v) is 3.92. The molecule has 8 heteroatoms. The Kier molecular flexibility index (Phi) is 3.25. The number of rotatable bonds is 2. The van der Waals surface area contributed by atoms with E-state index < -0.39 is 28.8 Å². The number of esters is 1. The normalized spacial score (nSPS) is 13.9. The molecule has 19 heavy (non-hydrogen) atoms. The van der Waals surface area contributed by atoms with Gasteiger partial charge in [0.25, 0.3) is 5.56 Å². The quantitative estimate of drug-likeness (QED) is 0.831. The third kappa shape index (κ3) is 2.29. The number of pyridine rings is 1. The Bertz CT molecular complexity index is 578. The minimum absolute atomic E-state index is 0.0469. The molecule has 1 aliphatic rings. The number of carbonyl (C=O) groups excluding carboxylic acids is 1. The maximum absolute atomic E-state index is 12.9. The van der Waals surface area contributed by atoms with Crippen LogP contribution in [0.3, 0.4) is 0 Å². The molecule has 1 aromatic heterocycles. The second-order valence-electron chi connectivity index (χ2n) is 3.92. The van der Waals surface area contributed by atoms with E-state index in [1.165, 1.54) is 6.92 Å². The summed E-state index contributed by atoms with van der Waals surface area (Å²) in [5, 5.41) is 2.62. The number of hydrogen-bond acceptors (Lipinski definition) is 4. The van der Waals surface area contributed by atoms with Crippen molar-refractivity contribution in [2.75, 3.05) is 18.5 Å². The van der Waals surface area contributed by atoms with Gasteiger partial charge in [0, 0.05) is 19.2 Å². The van der Waals surface area contributed by atoms with Crippen LogP contribution in [-0.4, -0.2) is 23.7 Å². The zero-order chi connectivity index (χ0) is 14.2. The number of carbonyl (C=O) groups is 1. The standard InChI is InChI=1S/C11H11F3N2O3/c1-2-19-10(18)8-6(11(12,13)14)5-7(17)16-4-3-15-9(8)16/h5,15H,2-4H2,1H3. The van der Waals surface area contributed by atoms with E-state index in [1.54, 1.807) is 0 Å². The lowest BCUT2D eigenvalue weighted by molar-refractivity contribution is -0.138. The lowest BCUT2D eigenvalue weighted by Crippen LogP contribution is -2.26. The molecule has 0 bridgehead atoms. The molecule has 2 rings (SSSR count). The fraction of sp³-hybridized carbons (Fsp3) is 0.455. The lowest BCUT2D eigenvalue weighted by atomic mass is 10.1. The Morgan fingerprint density at radius 1 is 1.53 bits per heavy atom. The zero-order valence-electron chi connectivity index (χ0n) is 10.0. The number of fused-ring (bicyclic) bond motifs is 1. The molecule has 104 valence electrons. The Hall–Kier alpha value is -1.99. The maximum atomic E-state index is 12.9. The molecule has 0 aromatic carbocycles. The SMILES string of the molecule is CCOC(=O)c1c(C(F)(F)F)cc(=O)n2c1NCC2. The van der Waals surface area contributed by atoms with Crippen molar-refractivity contribution in [3.05, 3.63) is 27.5 Å². The van der Waals surface area contributed by atoms with E-state index >= 15 is 0 Å². The Morgan fingerprint density at radius 3 is 2.79 bits per heavy atom. The Balaban J connectivity index is 2.70. The molecule has 0 saturated heterocycles. The highest BCUT2D eigenvalue weighted by Crippen LogP contribution is 2.35. The average molecular weight is 276 g/mol. The van der Waals surface area contributed by atoms with Crippen molar-refractivity contribution in [2.45, 2.75) is 19.6 Å². The minimum atomic E-state index is -4.79. The van der Waals surface area contributed by atoms with Gasteiger partial charge in [0.1, 0.15) is 11.4 Å². The van der Waals surface area contributed by atoms with Gasteiger partial charge < -0.3 is 10.1 Å². The third-order valence-corrected chi connectivity index (χ3v) is 2.72. The summed E-state index contributed by atoms with van der Waals surface area (Å²) in [5.41, 5.74) is -2.69. The summed E-state index contributed by atoms with van der Waals surface area (Å²) in [5.74, 6) is -1.22. The fourth-order valence-electron chi connectivity index (χ4n) is 1.97. The highest BCUT2D eigenvalue weighted by atomic mass is 19.4. The summed E-state index contributed by atoms with van der Waals surface area (Å²) < 4.78 is 44.5. The molecular weight excluding hydrogens is 265 g/mol. The number of alkyl halides is 3. The van der Waals surface area contributed by atoms with E-state index in [4.69, 9.17) is 0 Å². The number of nitrogens with zero attached hydrogens (tertiary/aromatic N) is 1. The fourth-order valence-corrected chi connectivity index (χ4v) is 1.97. The van der Waals surface area contributed by atoms with E-state index in [2.05, 4.69) is 10.1 Å². The van der Waals surface area contributed by atoms with Crippen LogP contribution in [0.25, 0.3) is 0 Å². The molecule has 1 aromatic rings. The highest BCUT2D eigenvalue weighted by Gasteiger charge is 2.39. The van der Waals surface area contributed by atoms with Gasteiger partial charge in [-0.1, -0.05) is 0 Å². The zero-order valence-corrected chi connectivity index (χ0v) is 10.0. The number of ether oxygens (including phenoxy) is 1. The van der Waals surface area contributed by atoms with Crippen LogP contribution >= 0.6 is 0 Å². The summed E-state index contributed by atoms with van der Waals surface area (Å²) in [7, 11) is 0. The summed E-state index contributed by atoms with van der Waals surface area (Å²) in [6, 6.07) is 0.433. The Morgan fingerprint density at radius 2 is 2.21 bits per heavy atom. The molecule has 0 spiro atoms. The topological polar surface area (TPSA) is 60.3 Å². The highest BCUT2D eigenvalue weighted by molar-refractivity contribution is 5.96.